The lowest BCUT2D eigenvalue weighted by atomic mass is 10.1. The van der Waals surface area contributed by atoms with Crippen LogP contribution in [0, 0.1) is 10.1 Å². The minimum Gasteiger partial charge on any atom is -0.468 e. The number of methoxy groups -OCH3 is 1. The summed E-state index contributed by atoms with van der Waals surface area (Å²) in [6.07, 6.45) is 0.594. The standard InChI is InChI=1S/C13H15ClN2O5/c1-3-7-15(8-11(17)21-2)13(18)9-5-4-6-10(14)12(9)16(19)20/h4-6H,3,7-8H2,1-2H3. The predicted octanol–water partition coefficient (Wildman–Crippen LogP) is 2.27. The van der Waals surface area contributed by atoms with Crippen molar-refractivity contribution in [2.75, 3.05) is 20.2 Å². The predicted molar refractivity (Wildman–Crippen MR) is 76.3 cm³/mol. The van der Waals surface area contributed by atoms with E-state index >= 15 is 0 Å². The van der Waals surface area contributed by atoms with Gasteiger partial charge in [0.2, 0.25) is 0 Å². The number of amides is 1. The number of ether oxygens (including phenoxy) is 1. The molecular formula is C13H15ClN2O5. The lowest BCUT2D eigenvalue weighted by molar-refractivity contribution is -0.385. The van der Waals surface area contributed by atoms with Crippen molar-refractivity contribution < 1.29 is 19.2 Å². The first-order valence-corrected chi connectivity index (χ1v) is 6.59. The van der Waals surface area contributed by atoms with Gasteiger partial charge in [0.05, 0.1) is 12.0 Å². The van der Waals surface area contributed by atoms with E-state index in [2.05, 4.69) is 4.74 Å². The average Bonchev–Trinajstić information content (AvgIpc) is 2.45. The van der Waals surface area contributed by atoms with Crippen LogP contribution in [0.3, 0.4) is 0 Å². The highest BCUT2D eigenvalue weighted by Crippen LogP contribution is 2.29. The van der Waals surface area contributed by atoms with Crippen LogP contribution in [-0.2, 0) is 9.53 Å². The molecule has 1 aromatic carbocycles. The number of hydrogen-bond acceptors (Lipinski definition) is 5. The Hall–Kier alpha value is -2.15. The van der Waals surface area contributed by atoms with Crippen LogP contribution in [0.2, 0.25) is 5.02 Å². The van der Waals surface area contributed by atoms with Gasteiger partial charge in [-0.05, 0) is 18.6 Å². The highest BCUT2D eigenvalue weighted by atomic mass is 35.5. The first-order chi connectivity index (χ1) is 9.92. The number of para-hydroxylation sites is 1. The van der Waals surface area contributed by atoms with Crippen LogP contribution in [0.4, 0.5) is 5.69 Å². The lowest BCUT2D eigenvalue weighted by Crippen LogP contribution is -2.37. The smallest absolute Gasteiger partial charge is 0.325 e. The van der Waals surface area contributed by atoms with Crippen LogP contribution >= 0.6 is 11.6 Å². The molecule has 1 rings (SSSR count). The third kappa shape index (κ3) is 4.16. The minimum absolute atomic E-state index is 0.125. The number of carbonyl (C=O) groups excluding carboxylic acids is 2. The second kappa shape index (κ2) is 7.58. The van der Waals surface area contributed by atoms with E-state index < -0.39 is 22.5 Å². The van der Waals surface area contributed by atoms with Crippen molar-refractivity contribution >= 4 is 29.2 Å². The van der Waals surface area contributed by atoms with Crippen LogP contribution in [0.5, 0.6) is 0 Å². The maximum Gasteiger partial charge on any atom is 0.325 e. The first-order valence-electron chi connectivity index (χ1n) is 6.21. The van der Waals surface area contributed by atoms with Gasteiger partial charge in [0.1, 0.15) is 17.1 Å². The zero-order valence-electron chi connectivity index (χ0n) is 11.7. The van der Waals surface area contributed by atoms with Gasteiger partial charge in [-0.2, -0.15) is 0 Å². The largest absolute Gasteiger partial charge is 0.468 e. The quantitative estimate of drug-likeness (QED) is 0.456. The Morgan fingerprint density at radius 2 is 2.10 bits per heavy atom. The van der Waals surface area contributed by atoms with E-state index in [4.69, 9.17) is 11.6 Å². The Bertz CT molecular complexity index is 561. The zero-order valence-corrected chi connectivity index (χ0v) is 12.4. The molecule has 0 N–H and O–H groups in total. The molecule has 0 aromatic heterocycles. The van der Waals surface area contributed by atoms with E-state index in [0.29, 0.717) is 6.42 Å². The minimum atomic E-state index is -0.710. The van der Waals surface area contributed by atoms with Gasteiger partial charge in [0, 0.05) is 6.54 Å². The van der Waals surface area contributed by atoms with E-state index in [-0.39, 0.29) is 23.7 Å². The third-order valence-corrected chi connectivity index (χ3v) is 3.03. The van der Waals surface area contributed by atoms with E-state index in [1.165, 1.54) is 30.2 Å². The van der Waals surface area contributed by atoms with Gasteiger partial charge >= 0.3 is 11.7 Å². The van der Waals surface area contributed by atoms with Crippen molar-refractivity contribution in [2.45, 2.75) is 13.3 Å². The van der Waals surface area contributed by atoms with Gasteiger partial charge in [0.15, 0.2) is 0 Å². The van der Waals surface area contributed by atoms with Crippen molar-refractivity contribution in [3.8, 4) is 0 Å². The fourth-order valence-corrected chi connectivity index (χ4v) is 2.03. The van der Waals surface area contributed by atoms with Crippen molar-refractivity contribution in [3.63, 3.8) is 0 Å². The first kappa shape index (κ1) is 16.9. The number of nitrogens with zero attached hydrogens (tertiary/aromatic N) is 2. The molecule has 1 aromatic rings. The Balaban J connectivity index is 3.17. The van der Waals surface area contributed by atoms with Crippen LogP contribution in [0.15, 0.2) is 18.2 Å². The van der Waals surface area contributed by atoms with E-state index in [9.17, 15) is 19.7 Å². The van der Waals surface area contributed by atoms with Crippen LogP contribution in [0.25, 0.3) is 0 Å². The summed E-state index contributed by atoms with van der Waals surface area (Å²) >= 11 is 5.78. The molecule has 114 valence electrons. The second-order valence-corrected chi connectivity index (χ2v) is 4.60. The van der Waals surface area contributed by atoms with Gasteiger partial charge in [0.25, 0.3) is 5.91 Å². The van der Waals surface area contributed by atoms with Gasteiger partial charge in [-0.15, -0.1) is 0 Å². The molecule has 0 fully saturated rings. The summed E-state index contributed by atoms with van der Waals surface area (Å²) in [7, 11) is 1.21. The molecule has 8 heteroatoms. The number of benzene rings is 1. The number of carbonyl (C=O) groups is 2. The number of halogens is 1. The summed E-state index contributed by atoms with van der Waals surface area (Å²) in [5.41, 5.74) is -0.611. The maximum absolute atomic E-state index is 12.4. The van der Waals surface area contributed by atoms with E-state index in [1.807, 2.05) is 6.92 Å². The number of nitro groups is 1. The molecule has 0 heterocycles. The monoisotopic (exact) mass is 314 g/mol. The summed E-state index contributed by atoms with van der Waals surface area (Å²) in [6.45, 7) is 1.83. The molecule has 0 aliphatic rings. The van der Waals surface area contributed by atoms with Gasteiger partial charge < -0.3 is 9.64 Å². The normalized spacial score (nSPS) is 10.0. The molecule has 21 heavy (non-hydrogen) atoms. The van der Waals surface area contributed by atoms with Gasteiger partial charge in [-0.1, -0.05) is 24.6 Å². The highest BCUT2D eigenvalue weighted by molar-refractivity contribution is 6.33. The molecular weight excluding hydrogens is 300 g/mol. The number of hydrogen-bond donors (Lipinski definition) is 0. The lowest BCUT2D eigenvalue weighted by Gasteiger charge is -2.20. The number of rotatable bonds is 6. The van der Waals surface area contributed by atoms with Crippen LogP contribution < -0.4 is 0 Å². The summed E-state index contributed by atoms with van der Waals surface area (Å²) < 4.78 is 4.52. The SMILES string of the molecule is CCCN(CC(=O)OC)C(=O)c1cccc(Cl)c1[N+](=O)[O-]. The number of nitro benzene ring substituents is 1. The average molecular weight is 315 g/mol. The molecule has 1 amide bonds. The van der Waals surface area contributed by atoms with E-state index in [1.54, 1.807) is 0 Å². The second-order valence-electron chi connectivity index (χ2n) is 4.20. The molecule has 0 aliphatic heterocycles. The fraction of sp³-hybridized carbons (Fsp3) is 0.385. The topological polar surface area (TPSA) is 89.8 Å². The molecule has 0 saturated carbocycles. The number of esters is 1. The van der Waals surface area contributed by atoms with Gasteiger partial charge in [-0.25, -0.2) is 0 Å². The Labute approximate surface area is 126 Å². The summed E-state index contributed by atoms with van der Waals surface area (Å²) in [5.74, 6) is -1.22. The molecule has 0 atom stereocenters. The summed E-state index contributed by atoms with van der Waals surface area (Å²) in [5, 5.41) is 10.9. The molecule has 0 saturated heterocycles. The molecule has 0 aliphatic carbocycles. The van der Waals surface area contributed by atoms with Gasteiger partial charge in [-0.3, -0.25) is 19.7 Å². The highest BCUT2D eigenvalue weighted by Gasteiger charge is 2.28. The Morgan fingerprint density at radius 3 is 2.62 bits per heavy atom. The third-order valence-electron chi connectivity index (χ3n) is 2.73. The molecule has 0 unspecified atom stereocenters. The van der Waals surface area contributed by atoms with E-state index in [0.717, 1.165) is 0 Å². The molecule has 7 nitrogen and oxygen atoms in total. The summed E-state index contributed by atoms with van der Waals surface area (Å²) in [6, 6.07) is 4.10. The molecule has 0 bridgehead atoms. The van der Waals surface area contributed by atoms with Crippen molar-refractivity contribution in [1.29, 1.82) is 0 Å². The fourth-order valence-electron chi connectivity index (χ4n) is 1.79. The molecule has 0 radical (unpaired) electrons. The molecule has 0 spiro atoms. The Morgan fingerprint density at radius 1 is 1.43 bits per heavy atom. The van der Waals surface area contributed by atoms with Crippen molar-refractivity contribution in [1.82, 2.24) is 4.90 Å². The zero-order chi connectivity index (χ0) is 16.0. The van der Waals surface area contributed by atoms with Crippen molar-refractivity contribution in [3.05, 3.63) is 38.9 Å². The van der Waals surface area contributed by atoms with Crippen LogP contribution in [0.1, 0.15) is 23.7 Å². The Kier molecular flexibility index (Phi) is 6.10. The summed E-state index contributed by atoms with van der Waals surface area (Å²) in [4.78, 5) is 35.3. The maximum atomic E-state index is 12.4. The van der Waals surface area contributed by atoms with Crippen molar-refractivity contribution in [2.24, 2.45) is 0 Å². The van der Waals surface area contributed by atoms with Crippen LogP contribution in [-0.4, -0.2) is 41.9 Å².